The molecule has 6 nitrogen and oxygen atoms in total. The van der Waals surface area contributed by atoms with Crippen molar-refractivity contribution in [3.8, 4) is 5.75 Å². The molecule has 1 unspecified atom stereocenters. The quantitative estimate of drug-likeness (QED) is 0.795. The molecular weight excluding hydrogens is 260 g/mol. The van der Waals surface area contributed by atoms with Crippen molar-refractivity contribution in [3.63, 3.8) is 0 Å². The number of nitrogens with zero attached hydrogens (tertiary/aromatic N) is 1. The molecule has 3 N–H and O–H groups in total. The first-order chi connectivity index (χ1) is 9.56. The third-order valence-electron chi connectivity index (χ3n) is 3.34. The maximum absolute atomic E-state index is 11.1. The average molecular weight is 278 g/mol. The first-order valence-electron chi connectivity index (χ1n) is 6.53. The number of amides is 1. The van der Waals surface area contributed by atoms with Crippen molar-refractivity contribution in [2.24, 2.45) is 5.73 Å². The molecular formula is C14H18N2O4. The SMILES string of the molecule is NC(=O)COc1ccc(CN2CCCC2C(=O)O)cc1. The van der Waals surface area contributed by atoms with Gasteiger partial charge in [0, 0.05) is 6.54 Å². The van der Waals surface area contributed by atoms with Gasteiger partial charge in [-0.1, -0.05) is 12.1 Å². The second-order valence-electron chi connectivity index (χ2n) is 4.87. The van der Waals surface area contributed by atoms with Gasteiger partial charge in [0.2, 0.25) is 0 Å². The lowest BCUT2D eigenvalue weighted by molar-refractivity contribution is -0.142. The number of aliphatic carboxylic acids is 1. The summed E-state index contributed by atoms with van der Waals surface area (Å²) in [6, 6.07) is 6.86. The summed E-state index contributed by atoms with van der Waals surface area (Å²) in [6.45, 7) is 1.26. The zero-order valence-corrected chi connectivity index (χ0v) is 11.1. The van der Waals surface area contributed by atoms with Gasteiger partial charge in [-0.05, 0) is 37.1 Å². The van der Waals surface area contributed by atoms with Gasteiger partial charge in [0.1, 0.15) is 11.8 Å². The molecule has 0 spiro atoms. The molecule has 0 saturated carbocycles. The predicted molar refractivity (Wildman–Crippen MR) is 72.2 cm³/mol. The molecule has 0 radical (unpaired) electrons. The smallest absolute Gasteiger partial charge is 0.320 e. The number of carboxylic acid groups (broad SMARTS) is 1. The van der Waals surface area contributed by atoms with Gasteiger partial charge < -0.3 is 15.6 Å². The lowest BCUT2D eigenvalue weighted by Gasteiger charge is -2.21. The van der Waals surface area contributed by atoms with Crippen LogP contribution in [0.4, 0.5) is 0 Å². The molecule has 20 heavy (non-hydrogen) atoms. The third kappa shape index (κ3) is 3.71. The maximum Gasteiger partial charge on any atom is 0.320 e. The summed E-state index contributed by atoms with van der Waals surface area (Å²) in [6.07, 6.45) is 1.62. The van der Waals surface area contributed by atoms with Crippen LogP contribution in [0.25, 0.3) is 0 Å². The van der Waals surface area contributed by atoms with Gasteiger partial charge in [-0.15, -0.1) is 0 Å². The molecule has 1 aromatic rings. The molecule has 2 rings (SSSR count). The Bertz CT molecular complexity index is 486. The maximum atomic E-state index is 11.1. The fourth-order valence-corrected chi connectivity index (χ4v) is 2.38. The van der Waals surface area contributed by atoms with Gasteiger partial charge in [-0.25, -0.2) is 0 Å². The number of primary amides is 1. The minimum Gasteiger partial charge on any atom is -0.484 e. The molecule has 1 aromatic carbocycles. The van der Waals surface area contributed by atoms with Crippen LogP contribution in [0.3, 0.4) is 0 Å². The largest absolute Gasteiger partial charge is 0.484 e. The van der Waals surface area contributed by atoms with E-state index in [0.717, 1.165) is 18.5 Å². The highest BCUT2D eigenvalue weighted by molar-refractivity contribution is 5.75. The van der Waals surface area contributed by atoms with Crippen molar-refractivity contribution in [2.75, 3.05) is 13.2 Å². The van der Waals surface area contributed by atoms with Crippen molar-refractivity contribution in [3.05, 3.63) is 29.8 Å². The van der Waals surface area contributed by atoms with Crippen LogP contribution >= 0.6 is 0 Å². The van der Waals surface area contributed by atoms with Gasteiger partial charge in [0.25, 0.3) is 5.91 Å². The van der Waals surface area contributed by atoms with Crippen molar-refractivity contribution in [1.29, 1.82) is 0 Å². The minimum atomic E-state index is -0.760. The molecule has 0 bridgehead atoms. The van der Waals surface area contributed by atoms with E-state index in [1.54, 1.807) is 12.1 Å². The van der Waals surface area contributed by atoms with Crippen molar-refractivity contribution < 1.29 is 19.4 Å². The van der Waals surface area contributed by atoms with Crippen LogP contribution in [0.1, 0.15) is 18.4 Å². The number of carboxylic acids is 1. The van der Waals surface area contributed by atoms with Crippen LogP contribution < -0.4 is 10.5 Å². The summed E-state index contributed by atoms with van der Waals surface area (Å²) in [5, 5.41) is 9.12. The number of carbonyl (C=O) groups is 2. The van der Waals surface area contributed by atoms with E-state index >= 15 is 0 Å². The number of carbonyl (C=O) groups excluding carboxylic acids is 1. The molecule has 0 aliphatic carbocycles. The average Bonchev–Trinajstić information content (AvgIpc) is 2.86. The Morgan fingerprint density at radius 2 is 2.05 bits per heavy atom. The van der Waals surface area contributed by atoms with E-state index in [9.17, 15) is 9.59 Å². The highest BCUT2D eigenvalue weighted by atomic mass is 16.5. The number of ether oxygens (including phenoxy) is 1. The van der Waals surface area contributed by atoms with E-state index in [2.05, 4.69) is 0 Å². The van der Waals surface area contributed by atoms with E-state index in [1.807, 2.05) is 17.0 Å². The number of nitrogens with two attached hydrogens (primary N) is 1. The van der Waals surface area contributed by atoms with Crippen LogP contribution in [0.5, 0.6) is 5.75 Å². The van der Waals surface area contributed by atoms with Crippen LogP contribution in [0.15, 0.2) is 24.3 Å². The van der Waals surface area contributed by atoms with E-state index in [1.165, 1.54) is 0 Å². The Kier molecular flexibility index (Phi) is 4.57. The minimum absolute atomic E-state index is 0.146. The summed E-state index contributed by atoms with van der Waals surface area (Å²) >= 11 is 0. The molecule has 1 fully saturated rings. The number of rotatable bonds is 6. The van der Waals surface area contributed by atoms with E-state index in [-0.39, 0.29) is 12.6 Å². The lowest BCUT2D eigenvalue weighted by atomic mass is 10.2. The first kappa shape index (κ1) is 14.3. The molecule has 1 aliphatic rings. The Labute approximate surface area is 117 Å². The topological polar surface area (TPSA) is 92.9 Å². The summed E-state index contributed by atoms with van der Waals surface area (Å²) in [4.78, 5) is 23.7. The standard InChI is InChI=1S/C14H18N2O4/c15-13(17)9-20-11-5-3-10(4-6-11)8-16-7-1-2-12(16)14(18)19/h3-6,12H,1-2,7-9H2,(H2,15,17)(H,18,19). The molecule has 1 aliphatic heterocycles. The van der Waals surface area contributed by atoms with Crippen LogP contribution in [0, 0.1) is 0 Å². The lowest BCUT2D eigenvalue weighted by Crippen LogP contribution is -2.35. The van der Waals surface area contributed by atoms with E-state index in [4.69, 9.17) is 15.6 Å². The Morgan fingerprint density at radius 1 is 1.35 bits per heavy atom. The van der Waals surface area contributed by atoms with Crippen LogP contribution in [-0.4, -0.2) is 41.1 Å². The van der Waals surface area contributed by atoms with Gasteiger partial charge >= 0.3 is 5.97 Å². The molecule has 1 amide bonds. The summed E-state index contributed by atoms with van der Waals surface area (Å²) < 4.78 is 5.17. The van der Waals surface area contributed by atoms with Gasteiger partial charge in [0.15, 0.2) is 6.61 Å². The normalized spacial score (nSPS) is 18.9. The highest BCUT2D eigenvalue weighted by Gasteiger charge is 2.30. The third-order valence-corrected chi connectivity index (χ3v) is 3.34. The van der Waals surface area contributed by atoms with E-state index in [0.29, 0.717) is 18.7 Å². The second-order valence-corrected chi connectivity index (χ2v) is 4.87. The number of hydrogen-bond donors (Lipinski definition) is 2. The number of benzene rings is 1. The van der Waals surface area contributed by atoms with Crippen molar-refractivity contribution in [1.82, 2.24) is 4.90 Å². The van der Waals surface area contributed by atoms with Gasteiger partial charge in [-0.2, -0.15) is 0 Å². The fraction of sp³-hybridized carbons (Fsp3) is 0.429. The first-order valence-corrected chi connectivity index (χ1v) is 6.53. The molecule has 1 heterocycles. The summed E-state index contributed by atoms with van der Waals surface area (Å²) in [7, 11) is 0. The molecule has 108 valence electrons. The number of likely N-dealkylation sites (tertiary alicyclic amines) is 1. The summed E-state index contributed by atoms with van der Waals surface area (Å²) in [5.74, 6) is -0.705. The molecule has 0 aromatic heterocycles. The summed E-state index contributed by atoms with van der Waals surface area (Å²) in [5.41, 5.74) is 6.01. The van der Waals surface area contributed by atoms with Gasteiger partial charge in [0.05, 0.1) is 0 Å². The highest BCUT2D eigenvalue weighted by Crippen LogP contribution is 2.21. The van der Waals surface area contributed by atoms with Crippen molar-refractivity contribution >= 4 is 11.9 Å². The zero-order valence-electron chi connectivity index (χ0n) is 11.1. The Balaban J connectivity index is 1.93. The molecule has 1 saturated heterocycles. The van der Waals surface area contributed by atoms with Crippen molar-refractivity contribution in [2.45, 2.75) is 25.4 Å². The Morgan fingerprint density at radius 3 is 2.65 bits per heavy atom. The second kappa shape index (κ2) is 6.38. The number of hydrogen-bond acceptors (Lipinski definition) is 4. The Hall–Kier alpha value is -2.08. The van der Waals surface area contributed by atoms with E-state index < -0.39 is 11.9 Å². The fourth-order valence-electron chi connectivity index (χ4n) is 2.38. The predicted octanol–water partition coefficient (Wildman–Crippen LogP) is 0.600. The molecule has 1 atom stereocenters. The monoisotopic (exact) mass is 278 g/mol. The zero-order chi connectivity index (χ0) is 14.5. The van der Waals surface area contributed by atoms with Gasteiger partial charge in [-0.3, -0.25) is 14.5 Å². The van der Waals surface area contributed by atoms with Crippen LogP contribution in [0.2, 0.25) is 0 Å². The molecule has 6 heteroatoms. The van der Waals surface area contributed by atoms with Crippen LogP contribution in [-0.2, 0) is 16.1 Å².